The first-order valence-electron chi connectivity index (χ1n) is 10.2. The Bertz CT molecular complexity index is 887. The van der Waals surface area contributed by atoms with Crippen LogP contribution in [0.4, 0.5) is 4.79 Å². The highest BCUT2D eigenvalue weighted by Gasteiger charge is 2.50. The molecule has 2 atom stereocenters. The smallest absolute Gasteiger partial charge is 0.410 e. The number of carbonyl (C=O) groups is 3. The van der Waals surface area contributed by atoms with Crippen molar-refractivity contribution in [3.8, 4) is 11.8 Å². The van der Waals surface area contributed by atoms with E-state index in [1.165, 1.54) is 7.05 Å². The van der Waals surface area contributed by atoms with Crippen LogP contribution in [-0.4, -0.2) is 107 Å². The number of likely N-dealkylation sites (N-methyl/N-ethyl adjacent to an activating group) is 1. The number of piperazine rings is 1. The molecule has 0 radical (unpaired) electrons. The highest BCUT2D eigenvalue weighted by Crippen LogP contribution is 2.27. The molecule has 0 spiro atoms. The summed E-state index contributed by atoms with van der Waals surface area (Å²) in [5.74, 6) is 5.38. The van der Waals surface area contributed by atoms with Gasteiger partial charge in [0.25, 0.3) is 11.8 Å². The number of nitrogens with zero attached hydrogens (tertiary/aromatic N) is 6. The Labute approximate surface area is 181 Å². The summed E-state index contributed by atoms with van der Waals surface area (Å²) in [6.45, 7) is 9.37. The molecule has 2 unspecified atom stereocenters. The maximum atomic E-state index is 12.9. The molecule has 0 aromatic carbocycles. The first-order chi connectivity index (χ1) is 14.5. The van der Waals surface area contributed by atoms with E-state index in [4.69, 9.17) is 10.5 Å². The molecule has 168 valence electrons. The van der Waals surface area contributed by atoms with E-state index in [0.29, 0.717) is 32.1 Å². The second kappa shape index (κ2) is 8.45. The van der Waals surface area contributed by atoms with E-state index in [9.17, 15) is 14.4 Å². The fraction of sp³-hybridized carbons (Fsp3) is 0.650. The molecule has 0 aromatic rings. The molecule has 3 aliphatic heterocycles. The molecule has 3 heterocycles. The lowest BCUT2D eigenvalue weighted by atomic mass is 10.0. The van der Waals surface area contributed by atoms with E-state index in [2.05, 4.69) is 21.9 Å². The summed E-state index contributed by atoms with van der Waals surface area (Å²) >= 11 is 0. The van der Waals surface area contributed by atoms with Gasteiger partial charge in [0, 0.05) is 33.2 Å². The number of hydrogen-bond donors (Lipinski definition) is 1. The van der Waals surface area contributed by atoms with Crippen molar-refractivity contribution in [1.82, 2.24) is 19.7 Å². The maximum Gasteiger partial charge on any atom is 0.410 e. The van der Waals surface area contributed by atoms with Crippen molar-refractivity contribution >= 4 is 29.6 Å². The second-order valence-corrected chi connectivity index (χ2v) is 8.54. The molecule has 3 rings (SSSR count). The zero-order valence-corrected chi connectivity index (χ0v) is 18.6. The number of nitrogens with two attached hydrogens (primary N) is 1. The zero-order chi connectivity index (χ0) is 22.9. The van der Waals surface area contributed by atoms with Crippen LogP contribution < -0.4 is 5.73 Å². The first-order valence-corrected chi connectivity index (χ1v) is 10.2. The maximum absolute atomic E-state index is 12.9. The number of fused-ring (bicyclic) bond motifs is 1. The average molecular weight is 431 g/mol. The summed E-state index contributed by atoms with van der Waals surface area (Å²) in [6, 6.07) is -1.51. The standard InChI is InChI=1S/C20H29N7O4/c1-6-7-8-27-15-13(14(16(21)28)23-24(5)17(15)29)22-18(27)25-9-11-26(12-10-25)19(30)31-20(2,3)4/h13,15H,8-12H2,1-5H3,(H2,21,28). The van der Waals surface area contributed by atoms with E-state index < -0.39 is 23.6 Å². The number of amides is 3. The van der Waals surface area contributed by atoms with E-state index in [1.807, 2.05) is 25.7 Å². The molecule has 1 fully saturated rings. The molecule has 11 nitrogen and oxygen atoms in total. The van der Waals surface area contributed by atoms with Crippen molar-refractivity contribution in [3.63, 3.8) is 0 Å². The molecular formula is C20H29N7O4. The van der Waals surface area contributed by atoms with Crippen LogP contribution in [0.15, 0.2) is 10.1 Å². The number of rotatable bonds is 2. The van der Waals surface area contributed by atoms with Crippen LogP contribution in [-0.2, 0) is 14.3 Å². The Morgan fingerprint density at radius 1 is 1.23 bits per heavy atom. The van der Waals surface area contributed by atoms with Crippen molar-refractivity contribution in [2.45, 2.75) is 45.4 Å². The van der Waals surface area contributed by atoms with Gasteiger partial charge in [0.15, 0.2) is 11.7 Å². The van der Waals surface area contributed by atoms with Gasteiger partial charge in [-0.1, -0.05) is 5.92 Å². The van der Waals surface area contributed by atoms with E-state index >= 15 is 0 Å². The molecule has 11 heteroatoms. The van der Waals surface area contributed by atoms with Gasteiger partial charge in [0.2, 0.25) is 0 Å². The minimum Gasteiger partial charge on any atom is -0.444 e. The van der Waals surface area contributed by atoms with Crippen molar-refractivity contribution in [2.75, 3.05) is 39.8 Å². The predicted octanol–water partition coefficient (Wildman–Crippen LogP) is -0.715. The Balaban J connectivity index is 1.81. The summed E-state index contributed by atoms with van der Waals surface area (Å²) in [6.07, 6.45) is -0.358. The number of primary amides is 1. The summed E-state index contributed by atoms with van der Waals surface area (Å²) in [7, 11) is 1.49. The van der Waals surface area contributed by atoms with Gasteiger partial charge in [-0.05, 0) is 27.7 Å². The predicted molar refractivity (Wildman–Crippen MR) is 114 cm³/mol. The fourth-order valence-electron chi connectivity index (χ4n) is 3.71. The van der Waals surface area contributed by atoms with Crippen LogP contribution in [0.5, 0.6) is 0 Å². The molecular weight excluding hydrogens is 402 g/mol. The van der Waals surface area contributed by atoms with Crippen LogP contribution in [0.25, 0.3) is 0 Å². The number of guanidine groups is 1. The normalized spacial score (nSPS) is 23.6. The number of aliphatic imine (C=N–C) groups is 1. The van der Waals surface area contributed by atoms with Crippen molar-refractivity contribution < 1.29 is 19.1 Å². The van der Waals surface area contributed by atoms with Crippen LogP contribution in [0, 0.1) is 11.8 Å². The van der Waals surface area contributed by atoms with Crippen molar-refractivity contribution in [1.29, 1.82) is 0 Å². The third-order valence-corrected chi connectivity index (χ3v) is 5.15. The minimum atomic E-state index is -0.779. The highest BCUT2D eigenvalue weighted by molar-refractivity contribution is 6.42. The van der Waals surface area contributed by atoms with E-state index in [1.54, 1.807) is 16.7 Å². The number of hydrogen-bond acceptors (Lipinski definition) is 8. The first kappa shape index (κ1) is 22.4. The molecule has 3 amide bonds. The average Bonchev–Trinajstić information content (AvgIpc) is 3.07. The van der Waals surface area contributed by atoms with Gasteiger partial charge in [0.1, 0.15) is 17.7 Å². The molecule has 0 aliphatic carbocycles. The van der Waals surface area contributed by atoms with Gasteiger partial charge in [-0.15, -0.1) is 5.92 Å². The van der Waals surface area contributed by atoms with Gasteiger partial charge < -0.3 is 25.2 Å². The van der Waals surface area contributed by atoms with Gasteiger partial charge in [-0.2, -0.15) is 5.10 Å². The Hall–Kier alpha value is -3.29. The monoisotopic (exact) mass is 431 g/mol. The van der Waals surface area contributed by atoms with E-state index in [-0.39, 0.29) is 24.3 Å². The second-order valence-electron chi connectivity index (χ2n) is 8.54. The Morgan fingerprint density at radius 3 is 2.42 bits per heavy atom. The van der Waals surface area contributed by atoms with Gasteiger partial charge in [-0.25, -0.2) is 14.8 Å². The third kappa shape index (κ3) is 4.57. The van der Waals surface area contributed by atoms with Crippen molar-refractivity contribution in [3.05, 3.63) is 0 Å². The quantitative estimate of drug-likeness (QED) is 0.576. The Morgan fingerprint density at radius 2 is 1.87 bits per heavy atom. The highest BCUT2D eigenvalue weighted by atomic mass is 16.6. The Kier molecular flexibility index (Phi) is 6.10. The molecule has 2 N–H and O–H groups in total. The zero-order valence-electron chi connectivity index (χ0n) is 18.6. The van der Waals surface area contributed by atoms with Crippen molar-refractivity contribution in [2.24, 2.45) is 15.8 Å². The lowest BCUT2D eigenvalue weighted by Gasteiger charge is -2.39. The number of carbonyl (C=O) groups excluding carboxylic acids is 3. The van der Waals surface area contributed by atoms with Gasteiger partial charge in [0.05, 0.1) is 6.54 Å². The molecule has 0 bridgehead atoms. The lowest BCUT2D eigenvalue weighted by molar-refractivity contribution is -0.134. The molecule has 31 heavy (non-hydrogen) atoms. The van der Waals surface area contributed by atoms with Gasteiger partial charge >= 0.3 is 6.09 Å². The number of hydrazone groups is 1. The lowest BCUT2D eigenvalue weighted by Crippen LogP contribution is -2.60. The summed E-state index contributed by atoms with van der Waals surface area (Å²) in [5, 5.41) is 5.17. The third-order valence-electron chi connectivity index (χ3n) is 5.15. The van der Waals surface area contributed by atoms with Gasteiger partial charge in [-0.3, -0.25) is 9.59 Å². The largest absolute Gasteiger partial charge is 0.444 e. The molecule has 1 saturated heterocycles. The van der Waals surface area contributed by atoms with Crippen LogP contribution >= 0.6 is 0 Å². The summed E-state index contributed by atoms with van der Waals surface area (Å²) in [5.41, 5.74) is 4.99. The fourth-order valence-corrected chi connectivity index (χ4v) is 3.71. The number of ether oxygens (including phenoxy) is 1. The summed E-state index contributed by atoms with van der Waals surface area (Å²) < 4.78 is 5.45. The van der Waals surface area contributed by atoms with E-state index in [0.717, 1.165) is 5.01 Å². The minimum absolute atomic E-state index is 0.0453. The SMILES string of the molecule is CC#CCN1C(N2CCN(C(=O)OC(C)(C)C)CC2)=NC2C(C(N)=O)=NN(C)C(=O)C21. The van der Waals surface area contributed by atoms with Crippen LogP contribution in [0.1, 0.15) is 27.7 Å². The molecule has 3 aliphatic rings. The topological polar surface area (TPSA) is 124 Å². The summed E-state index contributed by atoms with van der Waals surface area (Å²) in [4.78, 5) is 47.3. The van der Waals surface area contributed by atoms with Crippen LogP contribution in [0.3, 0.4) is 0 Å². The van der Waals surface area contributed by atoms with Crippen LogP contribution in [0.2, 0.25) is 0 Å². The molecule has 0 saturated carbocycles. The molecule has 0 aromatic heterocycles.